The number of rotatable bonds is 3. The van der Waals surface area contributed by atoms with E-state index in [-0.39, 0.29) is 0 Å². The Kier molecular flexibility index (Phi) is 4.20. The third-order valence-corrected chi connectivity index (χ3v) is 4.97. The fourth-order valence-electron chi connectivity index (χ4n) is 3.28. The highest BCUT2D eigenvalue weighted by atomic mass is 35.5. The first-order valence-electron chi connectivity index (χ1n) is 8.51. The number of anilines is 1. The van der Waals surface area contributed by atoms with Crippen molar-refractivity contribution >= 4 is 23.5 Å². The van der Waals surface area contributed by atoms with Crippen LogP contribution in [0, 0.1) is 6.92 Å². The van der Waals surface area contributed by atoms with Crippen LogP contribution >= 0.6 is 11.6 Å². The number of nitrogens with zero attached hydrogens (tertiary/aromatic N) is 3. The number of carbonyl (C=O) groups is 1. The first-order chi connectivity index (χ1) is 13.0. The van der Waals surface area contributed by atoms with Gasteiger partial charge in [0.2, 0.25) is 11.9 Å². The van der Waals surface area contributed by atoms with E-state index in [2.05, 4.69) is 15.4 Å². The SMILES string of the molecule is CC1=C(C(N)=O)C(c2ccccc2Cl)n2nc(-c3ccc(C)cc3)nc2N1. The van der Waals surface area contributed by atoms with E-state index in [1.54, 1.807) is 17.7 Å². The van der Waals surface area contributed by atoms with Crippen molar-refractivity contribution in [2.24, 2.45) is 5.73 Å². The Labute approximate surface area is 161 Å². The lowest BCUT2D eigenvalue weighted by molar-refractivity contribution is -0.115. The first-order valence-corrected chi connectivity index (χ1v) is 8.89. The molecule has 1 unspecified atom stereocenters. The number of amides is 1. The Morgan fingerprint density at radius 2 is 1.85 bits per heavy atom. The fraction of sp³-hybridized carbons (Fsp3) is 0.150. The lowest BCUT2D eigenvalue weighted by Crippen LogP contribution is -2.32. The molecule has 1 aliphatic rings. The zero-order chi connectivity index (χ0) is 19.1. The second-order valence-electron chi connectivity index (χ2n) is 6.52. The van der Waals surface area contributed by atoms with E-state index in [1.165, 1.54) is 0 Å². The Morgan fingerprint density at radius 3 is 2.52 bits per heavy atom. The number of carbonyl (C=O) groups excluding carboxylic acids is 1. The highest BCUT2D eigenvalue weighted by molar-refractivity contribution is 6.31. The largest absolute Gasteiger partial charge is 0.366 e. The molecule has 0 aliphatic carbocycles. The quantitative estimate of drug-likeness (QED) is 0.726. The van der Waals surface area contributed by atoms with Crippen molar-refractivity contribution in [3.05, 3.63) is 76.0 Å². The minimum absolute atomic E-state index is 0.413. The summed E-state index contributed by atoms with van der Waals surface area (Å²) >= 11 is 6.43. The Balaban J connectivity index is 1.90. The summed E-state index contributed by atoms with van der Waals surface area (Å²) in [5, 5.41) is 8.33. The highest BCUT2D eigenvalue weighted by Gasteiger charge is 2.34. The van der Waals surface area contributed by atoms with Gasteiger partial charge in [-0.05, 0) is 19.9 Å². The van der Waals surface area contributed by atoms with Crippen LogP contribution in [0.5, 0.6) is 0 Å². The summed E-state index contributed by atoms with van der Waals surface area (Å²) in [7, 11) is 0. The van der Waals surface area contributed by atoms with Crippen molar-refractivity contribution < 1.29 is 4.79 Å². The van der Waals surface area contributed by atoms with Crippen LogP contribution in [-0.4, -0.2) is 20.7 Å². The lowest BCUT2D eigenvalue weighted by Gasteiger charge is -2.28. The molecule has 6 nitrogen and oxygen atoms in total. The van der Waals surface area contributed by atoms with Crippen LogP contribution in [0.15, 0.2) is 59.8 Å². The van der Waals surface area contributed by atoms with Gasteiger partial charge in [-0.3, -0.25) is 4.79 Å². The molecule has 4 rings (SSSR count). The number of benzene rings is 2. The zero-order valence-electron chi connectivity index (χ0n) is 14.9. The van der Waals surface area contributed by atoms with Gasteiger partial charge in [0, 0.05) is 21.8 Å². The minimum Gasteiger partial charge on any atom is -0.366 e. The van der Waals surface area contributed by atoms with Gasteiger partial charge >= 0.3 is 0 Å². The molecule has 2 heterocycles. The van der Waals surface area contributed by atoms with E-state index in [4.69, 9.17) is 17.3 Å². The van der Waals surface area contributed by atoms with Gasteiger partial charge in [-0.25, -0.2) is 4.68 Å². The first kappa shape index (κ1) is 17.3. The number of primary amides is 1. The molecule has 0 bridgehead atoms. The molecule has 1 aromatic heterocycles. The van der Waals surface area contributed by atoms with Gasteiger partial charge in [-0.1, -0.05) is 59.6 Å². The van der Waals surface area contributed by atoms with Crippen LogP contribution < -0.4 is 11.1 Å². The monoisotopic (exact) mass is 379 g/mol. The number of aromatic nitrogens is 3. The van der Waals surface area contributed by atoms with Crippen molar-refractivity contribution in [2.45, 2.75) is 19.9 Å². The normalized spacial score (nSPS) is 16.0. The van der Waals surface area contributed by atoms with E-state index < -0.39 is 11.9 Å². The number of fused-ring (bicyclic) bond motifs is 1. The van der Waals surface area contributed by atoms with E-state index in [0.29, 0.717) is 28.1 Å². The third-order valence-electron chi connectivity index (χ3n) is 4.63. The predicted molar refractivity (Wildman–Crippen MR) is 105 cm³/mol. The van der Waals surface area contributed by atoms with Gasteiger partial charge in [0.1, 0.15) is 6.04 Å². The van der Waals surface area contributed by atoms with Crippen LogP contribution in [0.4, 0.5) is 5.95 Å². The number of allylic oxidation sites excluding steroid dienone is 1. The number of nitrogens with two attached hydrogens (primary N) is 1. The number of hydrogen-bond acceptors (Lipinski definition) is 4. The summed E-state index contributed by atoms with van der Waals surface area (Å²) in [6.07, 6.45) is 0. The smallest absolute Gasteiger partial charge is 0.248 e. The molecule has 27 heavy (non-hydrogen) atoms. The summed E-state index contributed by atoms with van der Waals surface area (Å²) in [6.45, 7) is 3.82. The average Bonchev–Trinajstić information content (AvgIpc) is 3.05. The number of halogens is 1. The Hall–Kier alpha value is -3.12. The Bertz CT molecular complexity index is 1070. The molecule has 0 fully saturated rings. The van der Waals surface area contributed by atoms with Crippen LogP contribution in [0.3, 0.4) is 0 Å². The molecule has 136 valence electrons. The average molecular weight is 380 g/mol. The van der Waals surface area contributed by atoms with Crippen molar-refractivity contribution in [3.63, 3.8) is 0 Å². The summed E-state index contributed by atoms with van der Waals surface area (Å²) in [6, 6.07) is 14.8. The van der Waals surface area contributed by atoms with Gasteiger partial charge in [0.25, 0.3) is 0 Å². The maximum atomic E-state index is 12.2. The van der Waals surface area contributed by atoms with E-state index in [0.717, 1.165) is 16.7 Å². The van der Waals surface area contributed by atoms with E-state index >= 15 is 0 Å². The van der Waals surface area contributed by atoms with Crippen LogP contribution in [0.25, 0.3) is 11.4 Å². The van der Waals surface area contributed by atoms with Crippen molar-refractivity contribution in [2.75, 3.05) is 5.32 Å². The molecular formula is C20H18ClN5O. The van der Waals surface area contributed by atoms with Gasteiger partial charge in [-0.2, -0.15) is 4.98 Å². The molecule has 0 saturated heterocycles. The van der Waals surface area contributed by atoms with Crippen molar-refractivity contribution in [3.8, 4) is 11.4 Å². The van der Waals surface area contributed by atoms with Gasteiger partial charge in [0.05, 0.1) is 5.57 Å². The fourth-order valence-corrected chi connectivity index (χ4v) is 3.52. The topological polar surface area (TPSA) is 85.8 Å². The molecule has 0 saturated carbocycles. The molecular weight excluding hydrogens is 362 g/mol. The molecule has 2 aromatic carbocycles. The van der Waals surface area contributed by atoms with Crippen molar-refractivity contribution in [1.82, 2.24) is 14.8 Å². The zero-order valence-corrected chi connectivity index (χ0v) is 15.7. The summed E-state index contributed by atoms with van der Waals surface area (Å²) < 4.78 is 1.67. The lowest BCUT2D eigenvalue weighted by atomic mass is 9.95. The molecule has 7 heteroatoms. The van der Waals surface area contributed by atoms with E-state index in [9.17, 15) is 4.79 Å². The predicted octanol–water partition coefficient (Wildman–Crippen LogP) is 3.68. The summed E-state index contributed by atoms with van der Waals surface area (Å²) in [5.74, 6) is 0.578. The molecule has 1 amide bonds. The molecule has 0 spiro atoms. The Morgan fingerprint density at radius 1 is 1.15 bits per heavy atom. The molecule has 1 aliphatic heterocycles. The molecule has 1 atom stereocenters. The second kappa shape index (κ2) is 6.55. The summed E-state index contributed by atoms with van der Waals surface area (Å²) in [4.78, 5) is 16.8. The standard InChI is InChI=1S/C20H18ClN5O/c1-11-7-9-13(10-8-11)19-24-20-23-12(2)16(18(22)27)17(26(20)25-19)14-5-3-4-6-15(14)21/h3-10,17H,1-2H3,(H2,22,27)(H,23,24,25). The van der Waals surface area contributed by atoms with E-state index in [1.807, 2.05) is 49.4 Å². The minimum atomic E-state index is -0.542. The second-order valence-corrected chi connectivity index (χ2v) is 6.93. The molecule has 0 radical (unpaired) electrons. The van der Waals surface area contributed by atoms with Crippen LogP contribution in [-0.2, 0) is 4.79 Å². The number of hydrogen-bond donors (Lipinski definition) is 2. The van der Waals surface area contributed by atoms with Gasteiger partial charge in [0.15, 0.2) is 5.82 Å². The number of aryl methyl sites for hydroxylation is 1. The molecule has 3 N–H and O–H groups in total. The highest BCUT2D eigenvalue weighted by Crippen LogP contribution is 2.38. The van der Waals surface area contributed by atoms with Gasteiger partial charge in [-0.15, -0.1) is 5.10 Å². The maximum Gasteiger partial charge on any atom is 0.248 e. The van der Waals surface area contributed by atoms with Crippen LogP contribution in [0.2, 0.25) is 5.02 Å². The van der Waals surface area contributed by atoms with Crippen LogP contribution in [0.1, 0.15) is 24.1 Å². The van der Waals surface area contributed by atoms with Gasteiger partial charge < -0.3 is 11.1 Å². The maximum absolute atomic E-state index is 12.2. The molecule has 3 aromatic rings. The summed E-state index contributed by atoms with van der Waals surface area (Å²) in [5.41, 5.74) is 9.53. The number of nitrogens with one attached hydrogen (secondary N) is 1. The third kappa shape index (κ3) is 2.98. The van der Waals surface area contributed by atoms with Crippen molar-refractivity contribution in [1.29, 1.82) is 0 Å².